The molecule has 0 aliphatic carbocycles. The third-order valence-corrected chi connectivity index (χ3v) is 2.10. The maximum Gasteiger partial charge on any atom is 0.257 e. The number of fused-ring (bicyclic) bond motifs is 1. The summed E-state index contributed by atoms with van der Waals surface area (Å²) in [6, 6.07) is 7.45. The fourth-order valence-electron chi connectivity index (χ4n) is 1.34. The molecular formula is C11H13N3O2. The van der Waals surface area contributed by atoms with Gasteiger partial charge in [-0.15, -0.1) is 0 Å². The number of ether oxygens (including phenoxy) is 1. The largest absolute Gasteiger partial charge is 0.475 e. The minimum absolute atomic E-state index is 0.0842. The highest BCUT2D eigenvalue weighted by atomic mass is 16.5. The molecule has 0 saturated heterocycles. The van der Waals surface area contributed by atoms with E-state index in [9.17, 15) is 0 Å². The van der Waals surface area contributed by atoms with Gasteiger partial charge in [0.25, 0.3) is 5.88 Å². The molecule has 84 valence electrons. The van der Waals surface area contributed by atoms with Crippen LogP contribution in [0.25, 0.3) is 11.0 Å². The summed E-state index contributed by atoms with van der Waals surface area (Å²) in [6.45, 7) is 0.467. The molecule has 0 unspecified atom stereocenters. The number of anilines is 1. The monoisotopic (exact) mass is 219 g/mol. The third-order valence-electron chi connectivity index (χ3n) is 2.10. The van der Waals surface area contributed by atoms with Crippen molar-refractivity contribution in [2.45, 2.75) is 6.42 Å². The van der Waals surface area contributed by atoms with E-state index < -0.39 is 0 Å². The SMILES string of the molecule is Nc1nc2ccccc2nc1OCCCO. The van der Waals surface area contributed by atoms with E-state index in [0.29, 0.717) is 18.9 Å². The summed E-state index contributed by atoms with van der Waals surface area (Å²) < 4.78 is 5.33. The molecule has 0 bridgehead atoms. The lowest BCUT2D eigenvalue weighted by Gasteiger charge is -2.07. The summed E-state index contributed by atoms with van der Waals surface area (Å²) in [5.74, 6) is 0.601. The number of nitrogens with two attached hydrogens (primary N) is 1. The first-order chi connectivity index (χ1) is 7.81. The van der Waals surface area contributed by atoms with Crippen LogP contribution in [0.15, 0.2) is 24.3 Å². The minimum atomic E-state index is 0.0842. The van der Waals surface area contributed by atoms with Gasteiger partial charge < -0.3 is 15.6 Å². The number of nitrogen functional groups attached to an aromatic ring is 1. The Hall–Kier alpha value is -1.88. The lowest BCUT2D eigenvalue weighted by molar-refractivity contribution is 0.230. The standard InChI is InChI=1S/C11H13N3O2/c12-10-11(16-7-3-6-15)14-9-5-2-1-4-8(9)13-10/h1-2,4-5,15H,3,6-7H2,(H2,12,13). The smallest absolute Gasteiger partial charge is 0.257 e. The second-order valence-electron chi connectivity index (χ2n) is 3.33. The molecule has 1 aromatic carbocycles. The average Bonchev–Trinajstić information content (AvgIpc) is 2.30. The van der Waals surface area contributed by atoms with Crippen LogP contribution >= 0.6 is 0 Å². The zero-order valence-electron chi connectivity index (χ0n) is 8.76. The molecule has 0 fully saturated rings. The van der Waals surface area contributed by atoms with E-state index in [-0.39, 0.29) is 12.4 Å². The van der Waals surface area contributed by atoms with Crippen LogP contribution in [0.5, 0.6) is 5.88 Å². The van der Waals surface area contributed by atoms with E-state index >= 15 is 0 Å². The van der Waals surface area contributed by atoms with Crippen LogP contribution in [-0.2, 0) is 0 Å². The molecule has 1 aromatic heterocycles. The van der Waals surface area contributed by atoms with E-state index in [4.69, 9.17) is 15.6 Å². The average molecular weight is 219 g/mol. The molecule has 0 atom stereocenters. The number of para-hydroxylation sites is 2. The Morgan fingerprint density at radius 3 is 2.56 bits per heavy atom. The number of hydrogen-bond donors (Lipinski definition) is 2. The lowest BCUT2D eigenvalue weighted by atomic mass is 10.3. The molecule has 0 saturated carbocycles. The molecule has 0 radical (unpaired) electrons. The van der Waals surface area contributed by atoms with Crippen molar-refractivity contribution in [1.82, 2.24) is 9.97 Å². The van der Waals surface area contributed by atoms with E-state index in [2.05, 4.69) is 9.97 Å². The van der Waals surface area contributed by atoms with Crippen molar-refractivity contribution in [3.05, 3.63) is 24.3 Å². The summed E-state index contributed by atoms with van der Waals surface area (Å²) in [5, 5.41) is 8.64. The number of hydrogen-bond acceptors (Lipinski definition) is 5. The number of rotatable bonds is 4. The van der Waals surface area contributed by atoms with E-state index in [1.165, 1.54) is 0 Å². The molecule has 2 rings (SSSR count). The van der Waals surface area contributed by atoms with Gasteiger partial charge in [-0.2, -0.15) is 0 Å². The van der Waals surface area contributed by atoms with Gasteiger partial charge in [0.2, 0.25) is 0 Å². The Kier molecular flexibility index (Phi) is 3.16. The van der Waals surface area contributed by atoms with E-state index in [1.54, 1.807) is 0 Å². The molecule has 3 N–H and O–H groups in total. The Bertz CT molecular complexity index is 488. The van der Waals surface area contributed by atoms with Gasteiger partial charge in [-0.25, -0.2) is 9.97 Å². The van der Waals surface area contributed by atoms with Crippen molar-refractivity contribution in [1.29, 1.82) is 0 Å². The van der Waals surface area contributed by atoms with Crippen molar-refractivity contribution >= 4 is 16.9 Å². The second-order valence-corrected chi connectivity index (χ2v) is 3.33. The van der Waals surface area contributed by atoms with Crippen molar-refractivity contribution in [2.24, 2.45) is 0 Å². The van der Waals surface area contributed by atoms with Crippen LogP contribution in [0, 0.1) is 0 Å². The predicted octanol–water partition coefficient (Wildman–Crippen LogP) is 0.973. The van der Waals surface area contributed by atoms with Gasteiger partial charge in [0, 0.05) is 13.0 Å². The maximum absolute atomic E-state index is 8.64. The van der Waals surface area contributed by atoms with Crippen molar-refractivity contribution < 1.29 is 9.84 Å². The van der Waals surface area contributed by atoms with Gasteiger partial charge in [0.15, 0.2) is 5.82 Å². The molecule has 5 heteroatoms. The van der Waals surface area contributed by atoms with Crippen LogP contribution < -0.4 is 10.5 Å². The quantitative estimate of drug-likeness (QED) is 0.749. The number of aliphatic hydroxyl groups is 1. The predicted molar refractivity (Wildman–Crippen MR) is 61.1 cm³/mol. The van der Waals surface area contributed by atoms with E-state index in [0.717, 1.165) is 11.0 Å². The molecule has 16 heavy (non-hydrogen) atoms. The van der Waals surface area contributed by atoms with Gasteiger partial charge in [0.1, 0.15) is 0 Å². The molecule has 1 heterocycles. The molecule has 2 aromatic rings. The summed E-state index contributed by atoms with van der Waals surface area (Å²) >= 11 is 0. The second kappa shape index (κ2) is 4.76. The summed E-state index contributed by atoms with van der Waals surface area (Å²) in [6.07, 6.45) is 0.550. The number of benzene rings is 1. The van der Waals surface area contributed by atoms with Crippen LogP contribution in [0.1, 0.15) is 6.42 Å². The van der Waals surface area contributed by atoms with Gasteiger partial charge in [0.05, 0.1) is 17.6 Å². The van der Waals surface area contributed by atoms with Gasteiger partial charge in [-0.3, -0.25) is 0 Å². The molecule has 5 nitrogen and oxygen atoms in total. The highest BCUT2D eigenvalue weighted by Crippen LogP contribution is 2.20. The molecule has 0 aliphatic rings. The van der Waals surface area contributed by atoms with Crippen molar-refractivity contribution in [2.75, 3.05) is 18.9 Å². The van der Waals surface area contributed by atoms with Gasteiger partial charge in [-0.1, -0.05) is 12.1 Å². The number of nitrogens with zero attached hydrogens (tertiary/aromatic N) is 2. The first kappa shape index (κ1) is 10.6. The van der Waals surface area contributed by atoms with Crippen molar-refractivity contribution in [3.63, 3.8) is 0 Å². The van der Waals surface area contributed by atoms with Crippen LogP contribution in [0.4, 0.5) is 5.82 Å². The fraction of sp³-hybridized carbons (Fsp3) is 0.273. The summed E-state index contributed by atoms with van der Waals surface area (Å²) in [5.41, 5.74) is 7.20. The summed E-state index contributed by atoms with van der Waals surface area (Å²) in [4.78, 5) is 8.44. The first-order valence-corrected chi connectivity index (χ1v) is 5.07. The molecular weight excluding hydrogens is 206 g/mol. The Labute approximate surface area is 92.9 Å². The minimum Gasteiger partial charge on any atom is -0.475 e. The normalized spacial score (nSPS) is 10.6. The van der Waals surface area contributed by atoms with Crippen LogP contribution in [0.3, 0.4) is 0 Å². The molecule has 0 spiro atoms. The maximum atomic E-state index is 8.64. The van der Waals surface area contributed by atoms with E-state index in [1.807, 2.05) is 24.3 Å². The van der Waals surface area contributed by atoms with Gasteiger partial charge >= 0.3 is 0 Å². The molecule has 0 amide bonds. The topological polar surface area (TPSA) is 81.3 Å². The Morgan fingerprint density at radius 1 is 1.19 bits per heavy atom. The Balaban J connectivity index is 2.27. The zero-order chi connectivity index (χ0) is 11.4. The fourth-order valence-corrected chi connectivity index (χ4v) is 1.34. The highest BCUT2D eigenvalue weighted by Gasteiger charge is 2.06. The zero-order valence-corrected chi connectivity index (χ0v) is 8.76. The van der Waals surface area contributed by atoms with Crippen LogP contribution in [-0.4, -0.2) is 28.3 Å². The summed E-state index contributed by atoms with van der Waals surface area (Å²) in [7, 11) is 0. The first-order valence-electron chi connectivity index (χ1n) is 5.07. The highest BCUT2D eigenvalue weighted by molar-refractivity contribution is 5.76. The van der Waals surface area contributed by atoms with Crippen LogP contribution in [0.2, 0.25) is 0 Å². The number of aliphatic hydroxyl groups excluding tert-OH is 1. The Morgan fingerprint density at radius 2 is 1.88 bits per heavy atom. The third kappa shape index (κ3) is 2.20. The number of aromatic nitrogens is 2. The molecule has 0 aliphatic heterocycles. The van der Waals surface area contributed by atoms with Crippen molar-refractivity contribution in [3.8, 4) is 5.88 Å². The van der Waals surface area contributed by atoms with Gasteiger partial charge in [-0.05, 0) is 12.1 Å². The lowest BCUT2D eigenvalue weighted by Crippen LogP contribution is -2.05.